The third-order valence-electron chi connectivity index (χ3n) is 16.3. The van der Waals surface area contributed by atoms with Gasteiger partial charge in [-0.1, -0.05) is 387 Å². The average Bonchev–Trinajstić information content (AvgIpc) is 3.51. The van der Waals surface area contributed by atoms with Crippen LogP contribution in [-0.2, 0) is 64.9 Å². The second-order valence-electron chi connectivity index (χ2n) is 24.6. The van der Waals surface area contributed by atoms with Crippen LogP contribution in [0.3, 0.4) is 0 Å². The van der Waals surface area contributed by atoms with Gasteiger partial charge in [0.05, 0.1) is 0 Å². The third-order valence-corrected chi connectivity index (χ3v) is 16.3. The summed E-state index contributed by atoms with van der Waals surface area (Å²) in [7, 11) is 0. The van der Waals surface area contributed by atoms with Gasteiger partial charge in [-0.3, -0.25) is 19.2 Å². The Kier molecular flexibility index (Phi) is 96.7. The summed E-state index contributed by atoms with van der Waals surface area (Å²) < 4.78 is 0. The van der Waals surface area contributed by atoms with E-state index in [1.807, 2.05) is 0 Å². The summed E-state index contributed by atoms with van der Waals surface area (Å²) in [6, 6.07) is 0. The monoisotopic (exact) mass is 1290 g/mol. The summed E-state index contributed by atoms with van der Waals surface area (Å²) in [5.41, 5.74) is 0. The zero-order chi connectivity index (χ0) is 62.4. The topological polar surface area (TPSA) is 197 Å². The number of hydrogen-bond donors (Lipinski definition) is 0. The third kappa shape index (κ3) is 96.4. The maximum atomic E-state index is 10.6. The molecule has 0 aromatic heterocycles. The molecular formula is C72H140O12Zr. The van der Waals surface area contributed by atoms with E-state index in [4.69, 9.17) is 0 Å². The first kappa shape index (κ1) is 92.3. The van der Waals surface area contributed by atoms with Crippen LogP contribution >= 0.6 is 0 Å². The summed E-state index contributed by atoms with van der Waals surface area (Å²) in [4.78, 5) is 56.0. The molecule has 0 N–H and O–H groups in total. The van der Waals surface area contributed by atoms with E-state index in [1.165, 1.54) is 334 Å². The van der Waals surface area contributed by atoms with Crippen molar-refractivity contribution in [2.75, 3.05) is 0 Å². The average molecular weight is 1290 g/mol. The molecule has 0 radical (unpaired) electrons. The summed E-state index contributed by atoms with van der Waals surface area (Å²) in [5.74, 6) is -2.48. The van der Waals surface area contributed by atoms with E-state index in [0.29, 0.717) is 0 Å². The van der Waals surface area contributed by atoms with E-state index in [9.17, 15) is 40.2 Å². The minimum Gasteiger partial charge on any atom is -0.662 e. The van der Waals surface area contributed by atoms with Gasteiger partial charge in [0.1, 0.15) is 0 Å². The van der Waals surface area contributed by atoms with Crippen molar-refractivity contribution in [2.45, 2.75) is 439 Å². The van der Waals surface area contributed by atoms with Crippen molar-refractivity contribution < 1.29 is 86.0 Å². The first-order chi connectivity index (χ1) is 41.2. The zero-order valence-electron chi connectivity index (χ0n) is 56.7. The summed E-state index contributed by atoms with van der Waals surface area (Å²) >= 11 is 0. The van der Waals surface area contributed by atoms with Crippen molar-refractivity contribution in [1.82, 2.24) is 0 Å². The van der Waals surface area contributed by atoms with Crippen molar-refractivity contribution in [3.63, 3.8) is 0 Å². The Morgan fingerprint density at radius 1 is 0.176 bits per heavy atom. The Bertz CT molecular complexity index is 1060. The molecule has 0 saturated heterocycles. The van der Waals surface area contributed by atoms with Crippen molar-refractivity contribution >= 4 is 23.9 Å². The van der Waals surface area contributed by atoms with Gasteiger partial charge in [-0.2, -0.15) is 0 Å². The fraction of sp³-hybridized carbons (Fsp3) is 0.944. The van der Waals surface area contributed by atoms with Crippen LogP contribution in [0.5, 0.6) is 0 Å². The fourth-order valence-corrected chi connectivity index (χ4v) is 10.7. The number of unbranched alkanes of at least 4 members (excludes halogenated alkanes) is 56. The van der Waals surface area contributed by atoms with Crippen LogP contribution in [0.4, 0.5) is 0 Å². The van der Waals surface area contributed by atoms with Gasteiger partial charge in [0.25, 0.3) is 23.9 Å². The van der Waals surface area contributed by atoms with Crippen LogP contribution < -0.4 is 21.0 Å². The molecule has 504 valence electrons. The van der Waals surface area contributed by atoms with Gasteiger partial charge in [-0.25, -0.2) is 0 Å². The SMILES string of the molecule is CCCCCCCCCCCCCCCCCC(=O)O[O-].CCCCCCCCCCCCCCCCCC(=O)O[O-].CCCCCCCCCCCCCCCCCC(=O)O[O-].CCCCCCCCCCCCCCCCCC(=O)O[O-].[Zr+4]. The number of hydrogen-bond acceptors (Lipinski definition) is 12. The van der Waals surface area contributed by atoms with E-state index in [2.05, 4.69) is 47.2 Å². The first-order valence-electron chi connectivity index (χ1n) is 36.5. The van der Waals surface area contributed by atoms with Crippen LogP contribution in [0, 0.1) is 0 Å². The Morgan fingerprint density at radius 2 is 0.259 bits per heavy atom. The smallest absolute Gasteiger partial charge is 0.662 e. The Hall–Kier alpha value is -1.40. The fourth-order valence-electron chi connectivity index (χ4n) is 10.7. The largest absolute Gasteiger partial charge is 4.00 e. The number of rotatable bonds is 64. The molecular weight excluding hydrogens is 1150 g/mol. The quantitative estimate of drug-likeness (QED) is 0.0318. The minimum absolute atomic E-state index is 0. The van der Waals surface area contributed by atoms with Gasteiger partial charge in [0, 0.05) is 25.7 Å². The molecule has 13 heteroatoms. The summed E-state index contributed by atoms with van der Waals surface area (Å²) in [6.45, 7) is 9.06. The summed E-state index contributed by atoms with van der Waals surface area (Å²) in [5, 5.41) is 39.0. The standard InChI is InChI=1S/4C18H36O3.Zr/c4*1-2-3-4-5-6-7-8-9-10-11-12-13-14-15-16-17-18(19)21-20;/h4*20H,2-17H2,1H3;/q;;;;+4/p-4. The maximum Gasteiger partial charge on any atom is 4.00 e. The Morgan fingerprint density at radius 3 is 0.341 bits per heavy atom. The molecule has 0 aromatic carbocycles. The molecule has 0 fully saturated rings. The number of carbonyl (C=O) groups excluding carboxylic acids is 4. The normalized spacial score (nSPS) is 10.6. The zero-order valence-corrected chi connectivity index (χ0v) is 59.1. The van der Waals surface area contributed by atoms with Gasteiger partial charge >= 0.3 is 26.2 Å². The predicted molar refractivity (Wildman–Crippen MR) is 343 cm³/mol. The van der Waals surface area contributed by atoms with E-state index in [-0.39, 0.29) is 51.9 Å². The van der Waals surface area contributed by atoms with Crippen LogP contribution in [0.2, 0.25) is 0 Å². The minimum atomic E-state index is -0.621. The van der Waals surface area contributed by atoms with Crippen molar-refractivity contribution in [3.8, 4) is 0 Å². The van der Waals surface area contributed by atoms with Gasteiger partial charge in [0.2, 0.25) is 0 Å². The van der Waals surface area contributed by atoms with Crippen molar-refractivity contribution in [1.29, 1.82) is 0 Å². The van der Waals surface area contributed by atoms with E-state index >= 15 is 0 Å². The molecule has 0 aromatic rings. The Labute approximate surface area is 545 Å². The molecule has 0 saturated carbocycles. The molecule has 0 atom stereocenters. The second kappa shape index (κ2) is 89.0. The van der Waals surface area contributed by atoms with E-state index < -0.39 is 23.9 Å². The van der Waals surface area contributed by atoms with Crippen LogP contribution in [0.1, 0.15) is 439 Å². The van der Waals surface area contributed by atoms with Gasteiger partial charge in [0.15, 0.2) is 0 Å². The second-order valence-corrected chi connectivity index (χ2v) is 24.6. The maximum absolute atomic E-state index is 10.6. The molecule has 0 aliphatic carbocycles. The van der Waals surface area contributed by atoms with E-state index in [0.717, 1.165) is 51.4 Å². The molecule has 0 spiro atoms. The van der Waals surface area contributed by atoms with Crippen LogP contribution in [0.25, 0.3) is 0 Å². The molecule has 0 aliphatic heterocycles. The van der Waals surface area contributed by atoms with Gasteiger partial charge in [-0.05, 0) is 25.7 Å². The van der Waals surface area contributed by atoms with Gasteiger partial charge in [-0.15, -0.1) is 0 Å². The van der Waals surface area contributed by atoms with E-state index in [1.54, 1.807) is 0 Å². The molecule has 85 heavy (non-hydrogen) atoms. The number of carbonyl (C=O) groups is 4. The van der Waals surface area contributed by atoms with Crippen LogP contribution in [-0.4, -0.2) is 23.9 Å². The predicted octanol–water partition coefficient (Wildman–Crippen LogP) is 20.3. The van der Waals surface area contributed by atoms with Crippen molar-refractivity contribution in [2.24, 2.45) is 0 Å². The van der Waals surface area contributed by atoms with Gasteiger partial charge < -0.3 is 40.6 Å². The molecule has 0 rings (SSSR count). The van der Waals surface area contributed by atoms with Crippen LogP contribution in [0.15, 0.2) is 0 Å². The molecule has 0 aliphatic rings. The summed E-state index contributed by atoms with van der Waals surface area (Å²) in [6.07, 6.45) is 79.1. The molecule has 0 heterocycles. The molecule has 0 amide bonds. The van der Waals surface area contributed by atoms with Crippen molar-refractivity contribution in [3.05, 3.63) is 0 Å². The molecule has 0 unspecified atom stereocenters. The Balaban J connectivity index is -0.000000333. The first-order valence-corrected chi connectivity index (χ1v) is 36.5. The molecule has 12 nitrogen and oxygen atoms in total. The molecule has 0 bridgehead atoms.